The van der Waals surface area contributed by atoms with Gasteiger partial charge in [-0.1, -0.05) is 24.3 Å². The minimum atomic E-state index is -0.0450. The van der Waals surface area contributed by atoms with Crippen LogP contribution in [0.3, 0.4) is 0 Å². The number of methoxy groups -OCH3 is 2. The van der Waals surface area contributed by atoms with E-state index in [1.54, 1.807) is 14.2 Å². The van der Waals surface area contributed by atoms with E-state index in [1.807, 2.05) is 48.3 Å². The summed E-state index contributed by atoms with van der Waals surface area (Å²) in [6, 6.07) is 15.5. The topological polar surface area (TPSA) is 50.8 Å². The molecule has 134 valence electrons. The molecule has 0 saturated heterocycles. The number of anilines is 1. The number of aryl methyl sites for hydroxylation is 1. The molecule has 2 aromatic carbocycles. The van der Waals surface area contributed by atoms with Gasteiger partial charge >= 0.3 is 0 Å². The summed E-state index contributed by atoms with van der Waals surface area (Å²) in [6.45, 7) is 1.20. The molecule has 5 heteroatoms. The first kappa shape index (κ1) is 18.8. The maximum atomic E-state index is 12.2. The molecule has 0 radical (unpaired) electrons. The predicted octanol–water partition coefficient (Wildman–Crippen LogP) is 3.21. The molecule has 0 saturated carbocycles. The highest BCUT2D eigenvalue weighted by molar-refractivity contribution is 5.93. The molecule has 1 N–H and O–H groups in total. The van der Waals surface area contributed by atoms with Gasteiger partial charge in [0.05, 0.1) is 26.5 Å². The van der Waals surface area contributed by atoms with Crippen LogP contribution in [0.4, 0.5) is 5.69 Å². The fourth-order valence-electron chi connectivity index (χ4n) is 2.61. The Morgan fingerprint density at radius 1 is 1.04 bits per heavy atom. The molecule has 0 spiro atoms. The Morgan fingerprint density at radius 2 is 1.76 bits per heavy atom. The molecule has 2 rings (SSSR count). The molecule has 25 heavy (non-hydrogen) atoms. The summed E-state index contributed by atoms with van der Waals surface area (Å²) in [4.78, 5) is 14.2. The molecule has 1 amide bonds. The zero-order valence-corrected chi connectivity index (χ0v) is 15.1. The van der Waals surface area contributed by atoms with Crippen LogP contribution < -0.4 is 14.8 Å². The Bertz CT molecular complexity index is 671. The number of rotatable bonds is 9. The van der Waals surface area contributed by atoms with Gasteiger partial charge in [-0.3, -0.25) is 9.69 Å². The lowest BCUT2D eigenvalue weighted by molar-refractivity contribution is -0.117. The first-order valence-corrected chi connectivity index (χ1v) is 8.36. The number of nitrogens with one attached hydrogen (secondary N) is 1. The average molecular weight is 342 g/mol. The Labute approximate surface area is 149 Å². The highest BCUT2D eigenvalue weighted by Crippen LogP contribution is 2.22. The van der Waals surface area contributed by atoms with Gasteiger partial charge in [0.15, 0.2) is 0 Å². The second kappa shape index (κ2) is 9.69. The average Bonchev–Trinajstić information content (AvgIpc) is 2.62. The maximum Gasteiger partial charge on any atom is 0.238 e. The number of hydrogen-bond acceptors (Lipinski definition) is 4. The van der Waals surface area contributed by atoms with Crippen LogP contribution in [0.2, 0.25) is 0 Å². The van der Waals surface area contributed by atoms with E-state index in [0.717, 1.165) is 25.1 Å². The van der Waals surface area contributed by atoms with Gasteiger partial charge in [-0.25, -0.2) is 0 Å². The summed E-state index contributed by atoms with van der Waals surface area (Å²) in [7, 11) is 5.21. The van der Waals surface area contributed by atoms with E-state index in [1.165, 1.54) is 5.56 Å². The summed E-state index contributed by atoms with van der Waals surface area (Å²) in [6.07, 6.45) is 1.97. The van der Waals surface area contributed by atoms with E-state index >= 15 is 0 Å². The number of benzene rings is 2. The highest BCUT2D eigenvalue weighted by atomic mass is 16.5. The number of nitrogens with zero attached hydrogens (tertiary/aromatic N) is 1. The second-order valence-electron chi connectivity index (χ2n) is 5.94. The van der Waals surface area contributed by atoms with Gasteiger partial charge in [0.25, 0.3) is 0 Å². The summed E-state index contributed by atoms with van der Waals surface area (Å²) in [5.74, 6) is 1.49. The van der Waals surface area contributed by atoms with Crippen LogP contribution in [0.5, 0.6) is 11.5 Å². The molecular formula is C20H26N2O3. The van der Waals surface area contributed by atoms with Crippen LogP contribution in [0.25, 0.3) is 0 Å². The number of likely N-dealkylation sites (N-methyl/N-ethyl adjacent to an activating group) is 1. The Morgan fingerprint density at radius 3 is 2.44 bits per heavy atom. The van der Waals surface area contributed by atoms with Crippen LogP contribution in [-0.2, 0) is 11.2 Å². The van der Waals surface area contributed by atoms with Crippen LogP contribution >= 0.6 is 0 Å². The molecule has 5 nitrogen and oxygen atoms in total. The first-order chi connectivity index (χ1) is 12.1. The normalized spacial score (nSPS) is 10.6. The number of amides is 1. The fraction of sp³-hybridized carbons (Fsp3) is 0.350. The SMILES string of the molecule is COc1ccc(CCCN(C)CC(=O)Nc2ccccc2OC)cc1. The first-order valence-electron chi connectivity index (χ1n) is 8.36. The molecule has 0 unspecified atom stereocenters. The highest BCUT2D eigenvalue weighted by Gasteiger charge is 2.09. The zero-order valence-electron chi connectivity index (χ0n) is 15.1. The summed E-state index contributed by atoms with van der Waals surface area (Å²) >= 11 is 0. The third-order valence-electron chi connectivity index (χ3n) is 3.96. The summed E-state index contributed by atoms with van der Waals surface area (Å²) in [5, 5.41) is 2.89. The Kier molecular flexibility index (Phi) is 7.29. The van der Waals surface area contributed by atoms with E-state index in [2.05, 4.69) is 17.4 Å². The molecule has 2 aromatic rings. The monoisotopic (exact) mass is 342 g/mol. The minimum Gasteiger partial charge on any atom is -0.497 e. The van der Waals surface area contributed by atoms with Crippen LogP contribution in [0.1, 0.15) is 12.0 Å². The molecule has 0 aliphatic heterocycles. The van der Waals surface area contributed by atoms with Crippen molar-refractivity contribution >= 4 is 11.6 Å². The number of carbonyl (C=O) groups is 1. The van der Waals surface area contributed by atoms with Crippen LogP contribution in [-0.4, -0.2) is 45.2 Å². The quantitative estimate of drug-likeness (QED) is 0.760. The van der Waals surface area contributed by atoms with E-state index in [0.29, 0.717) is 18.0 Å². The number of carbonyl (C=O) groups excluding carboxylic acids is 1. The number of ether oxygens (including phenoxy) is 2. The Balaban J connectivity index is 1.73. The minimum absolute atomic E-state index is 0.0450. The lowest BCUT2D eigenvalue weighted by atomic mass is 10.1. The molecule has 0 fully saturated rings. The summed E-state index contributed by atoms with van der Waals surface area (Å²) in [5.41, 5.74) is 1.97. The van der Waals surface area contributed by atoms with Crippen LogP contribution in [0, 0.1) is 0 Å². The molecular weight excluding hydrogens is 316 g/mol. The van der Waals surface area contributed by atoms with Crippen molar-refractivity contribution in [2.75, 3.05) is 39.7 Å². The Hall–Kier alpha value is -2.53. The maximum absolute atomic E-state index is 12.2. The lowest BCUT2D eigenvalue weighted by Gasteiger charge is -2.17. The third-order valence-corrected chi connectivity index (χ3v) is 3.96. The van der Waals surface area contributed by atoms with E-state index in [-0.39, 0.29) is 5.91 Å². The van der Waals surface area contributed by atoms with Crippen molar-refractivity contribution < 1.29 is 14.3 Å². The van der Waals surface area contributed by atoms with Crippen molar-refractivity contribution in [1.82, 2.24) is 4.90 Å². The summed E-state index contributed by atoms with van der Waals surface area (Å²) < 4.78 is 10.4. The molecule has 0 atom stereocenters. The molecule has 0 aliphatic rings. The molecule has 0 aliphatic carbocycles. The largest absolute Gasteiger partial charge is 0.497 e. The van der Waals surface area contributed by atoms with Crippen molar-refractivity contribution in [3.05, 3.63) is 54.1 Å². The smallest absolute Gasteiger partial charge is 0.238 e. The predicted molar refractivity (Wildman–Crippen MR) is 100 cm³/mol. The van der Waals surface area contributed by atoms with Gasteiger partial charge in [-0.15, -0.1) is 0 Å². The van der Waals surface area contributed by atoms with E-state index < -0.39 is 0 Å². The van der Waals surface area contributed by atoms with Crippen molar-refractivity contribution in [3.63, 3.8) is 0 Å². The van der Waals surface area contributed by atoms with Gasteiger partial charge in [0.1, 0.15) is 11.5 Å². The van der Waals surface area contributed by atoms with Crippen molar-refractivity contribution in [3.8, 4) is 11.5 Å². The zero-order chi connectivity index (χ0) is 18.1. The van der Waals surface area contributed by atoms with Gasteiger partial charge < -0.3 is 14.8 Å². The van der Waals surface area contributed by atoms with Crippen molar-refractivity contribution in [1.29, 1.82) is 0 Å². The van der Waals surface area contributed by atoms with Gasteiger partial charge in [-0.2, -0.15) is 0 Å². The van der Waals surface area contributed by atoms with Gasteiger partial charge in [-0.05, 0) is 56.3 Å². The van der Waals surface area contributed by atoms with E-state index in [9.17, 15) is 4.79 Å². The fourth-order valence-corrected chi connectivity index (χ4v) is 2.61. The molecule has 0 heterocycles. The standard InChI is InChI=1S/C20H26N2O3/c1-22(14-6-7-16-10-12-17(24-2)13-11-16)15-20(23)21-18-8-4-5-9-19(18)25-3/h4-5,8-13H,6-7,14-15H2,1-3H3,(H,21,23). The van der Waals surface area contributed by atoms with Crippen LogP contribution in [0.15, 0.2) is 48.5 Å². The molecule has 0 bridgehead atoms. The third kappa shape index (κ3) is 6.12. The van der Waals surface area contributed by atoms with Gasteiger partial charge in [0, 0.05) is 0 Å². The number of hydrogen-bond donors (Lipinski definition) is 1. The second-order valence-corrected chi connectivity index (χ2v) is 5.94. The van der Waals surface area contributed by atoms with Crippen molar-refractivity contribution in [2.45, 2.75) is 12.8 Å². The number of para-hydroxylation sites is 2. The van der Waals surface area contributed by atoms with Crippen molar-refractivity contribution in [2.24, 2.45) is 0 Å². The van der Waals surface area contributed by atoms with E-state index in [4.69, 9.17) is 9.47 Å². The van der Waals surface area contributed by atoms with Gasteiger partial charge in [0.2, 0.25) is 5.91 Å². The molecule has 0 aromatic heterocycles. The lowest BCUT2D eigenvalue weighted by Crippen LogP contribution is -2.31.